The van der Waals surface area contributed by atoms with E-state index in [1.54, 1.807) is 0 Å². The van der Waals surface area contributed by atoms with Crippen molar-refractivity contribution >= 4 is 17.7 Å². The van der Waals surface area contributed by atoms with Crippen molar-refractivity contribution in [2.45, 2.75) is 39.2 Å². The Hall–Kier alpha value is -1.39. The molecule has 0 aliphatic heterocycles. The van der Waals surface area contributed by atoms with E-state index in [0.29, 0.717) is 0 Å². The van der Waals surface area contributed by atoms with Gasteiger partial charge in [-0.05, 0) is 19.8 Å². The molecule has 5 heteroatoms. The lowest BCUT2D eigenvalue weighted by Gasteiger charge is -2.37. The van der Waals surface area contributed by atoms with Gasteiger partial charge in [0, 0.05) is 5.41 Å². The van der Waals surface area contributed by atoms with Crippen molar-refractivity contribution in [1.82, 2.24) is 5.32 Å². The zero-order valence-electron chi connectivity index (χ0n) is 9.83. The Balaban J connectivity index is 2.65. The second kappa shape index (κ2) is 4.63. The minimum Gasteiger partial charge on any atom is -0.467 e. The standard InChI is InChI=1S/C11H17NO4/c1-7(13)8(9(14)16-3)12-10(15)11(2)5-4-6-11/h8H,4-6H2,1-3H3,(H,12,15)/t8-/m0/s1. The lowest BCUT2D eigenvalue weighted by molar-refractivity contribution is -0.150. The van der Waals surface area contributed by atoms with Gasteiger partial charge in [0.05, 0.1) is 7.11 Å². The molecule has 1 amide bonds. The number of ketones is 1. The van der Waals surface area contributed by atoms with Crippen LogP contribution in [0.3, 0.4) is 0 Å². The number of hydrogen-bond acceptors (Lipinski definition) is 4. The van der Waals surface area contributed by atoms with Gasteiger partial charge in [-0.2, -0.15) is 0 Å². The van der Waals surface area contributed by atoms with Crippen LogP contribution in [0.1, 0.15) is 33.1 Å². The van der Waals surface area contributed by atoms with E-state index >= 15 is 0 Å². The van der Waals surface area contributed by atoms with Gasteiger partial charge in [-0.15, -0.1) is 0 Å². The van der Waals surface area contributed by atoms with Crippen LogP contribution in [0, 0.1) is 5.41 Å². The van der Waals surface area contributed by atoms with E-state index in [9.17, 15) is 14.4 Å². The minimum atomic E-state index is -1.17. The average Bonchev–Trinajstić information content (AvgIpc) is 2.20. The lowest BCUT2D eigenvalue weighted by atomic mass is 9.69. The summed E-state index contributed by atoms with van der Waals surface area (Å²) in [5.74, 6) is -1.38. The smallest absolute Gasteiger partial charge is 0.336 e. The zero-order valence-corrected chi connectivity index (χ0v) is 9.83. The van der Waals surface area contributed by atoms with Gasteiger partial charge >= 0.3 is 5.97 Å². The van der Waals surface area contributed by atoms with Crippen LogP contribution in [-0.2, 0) is 19.1 Å². The summed E-state index contributed by atoms with van der Waals surface area (Å²) in [6, 6.07) is -1.17. The van der Waals surface area contributed by atoms with Gasteiger partial charge in [-0.25, -0.2) is 4.79 Å². The van der Waals surface area contributed by atoms with Crippen molar-refractivity contribution in [1.29, 1.82) is 0 Å². The molecule has 5 nitrogen and oxygen atoms in total. The fraction of sp³-hybridized carbons (Fsp3) is 0.727. The van der Waals surface area contributed by atoms with Crippen LogP contribution >= 0.6 is 0 Å². The molecular formula is C11H17NO4. The van der Waals surface area contributed by atoms with Crippen LogP contribution in [0.15, 0.2) is 0 Å². The number of methoxy groups -OCH3 is 1. The third kappa shape index (κ3) is 2.40. The van der Waals surface area contributed by atoms with Gasteiger partial charge in [-0.3, -0.25) is 9.59 Å². The Morgan fingerprint density at radius 2 is 1.88 bits per heavy atom. The van der Waals surface area contributed by atoms with Crippen molar-refractivity contribution in [2.24, 2.45) is 5.41 Å². The highest BCUT2D eigenvalue weighted by molar-refractivity contribution is 6.05. The van der Waals surface area contributed by atoms with Crippen molar-refractivity contribution in [3.63, 3.8) is 0 Å². The van der Waals surface area contributed by atoms with Crippen LogP contribution in [0.4, 0.5) is 0 Å². The Morgan fingerprint density at radius 1 is 1.31 bits per heavy atom. The summed E-state index contributed by atoms with van der Waals surface area (Å²) in [5.41, 5.74) is -0.429. The molecule has 1 fully saturated rings. The highest BCUT2D eigenvalue weighted by Crippen LogP contribution is 2.40. The summed E-state index contributed by atoms with van der Waals surface area (Å²) in [4.78, 5) is 34.3. The molecule has 0 unspecified atom stereocenters. The summed E-state index contributed by atoms with van der Waals surface area (Å²) in [5, 5.41) is 2.45. The fourth-order valence-electron chi connectivity index (χ4n) is 1.68. The maximum atomic E-state index is 11.8. The molecule has 1 saturated carbocycles. The molecule has 0 spiro atoms. The van der Waals surface area contributed by atoms with Gasteiger partial charge in [0.2, 0.25) is 5.91 Å². The van der Waals surface area contributed by atoms with Crippen molar-refractivity contribution in [2.75, 3.05) is 7.11 Å². The van der Waals surface area contributed by atoms with Crippen LogP contribution in [0.5, 0.6) is 0 Å². The fourth-order valence-corrected chi connectivity index (χ4v) is 1.68. The molecule has 1 aliphatic carbocycles. The Kier molecular flexibility index (Phi) is 3.67. The molecule has 1 N–H and O–H groups in total. The number of carbonyl (C=O) groups excluding carboxylic acids is 3. The molecule has 1 rings (SSSR count). The zero-order chi connectivity index (χ0) is 12.3. The van der Waals surface area contributed by atoms with Gasteiger partial charge in [0.15, 0.2) is 11.8 Å². The normalized spacial score (nSPS) is 19.2. The Bertz CT molecular complexity index is 320. The first kappa shape index (κ1) is 12.7. The van der Waals surface area contributed by atoms with Crippen LogP contribution in [0.2, 0.25) is 0 Å². The predicted octanol–water partition coefficient (Wildman–Crippen LogP) is 0.423. The summed E-state index contributed by atoms with van der Waals surface area (Å²) in [7, 11) is 1.19. The lowest BCUT2D eigenvalue weighted by Crippen LogP contribution is -2.52. The number of nitrogens with one attached hydrogen (secondary N) is 1. The second-order valence-electron chi connectivity index (χ2n) is 4.45. The second-order valence-corrected chi connectivity index (χ2v) is 4.45. The van der Waals surface area contributed by atoms with Crippen molar-refractivity contribution in [3.05, 3.63) is 0 Å². The number of rotatable bonds is 4. The number of hydrogen-bond donors (Lipinski definition) is 1. The topological polar surface area (TPSA) is 72.5 Å². The van der Waals surface area contributed by atoms with E-state index in [-0.39, 0.29) is 5.91 Å². The number of ether oxygens (including phenoxy) is 1. The summed E-state index contributed by atoms with van der Waals surface area (Å²) >= 11 is 0. The summed E-state index contributed by atoms with van der Waals surface area (Å²) < 4.78 is 4.46. The molecule has 16 heavy (non-hydrogen) atoms. The maximum Gasteiger partial charge on any atom is 0.336 e. The van der Waals surface area contributed by atoms with E-state index < -0.39 is 23.2 Å². The molecule has 0 heterocycles. The van der Waals surface area contributed by atoms with E-state index in [1.807, 2.05) is 6.92 Å². The largest absolute Gasteiger partial charge is 0.467 e. The minimum absolute atomic E-state index is 0.246. The quantitative estimate of drug-likeness (QED) is 0.558. The maximum absolute atomic E-state index is 11.8. The first-order valence-electron chi connectivity index (χ1n) is 5.30. The van der Waals surface area contributed by atoms with E-state index in [1.165, 1.54) is 14.0 Å². The molecule has 0 aromatic carbocycles. The number of Topliss-reactive ketones (excluding diaryl/α,β-unsaturated/α-hetero) is 1. The van der Waals surface area contributed by atoms with Crippen LogP contribution in [-0.4, -0.2) is 30.8 Å². The molecule has 0 saturated heterocycles. The number of carbonyl (C=O) groups is 3. The average molecular weight is 227 g/mol. The first-order chi connectivity index (χ1) is 7.40. The molecule has 0 aromatic heterocycles. The van der Waals surface area contributed by atoms with Crippen LogP contribution < -0.4 is 5.32 Å². The van der Waals surface area contributed by atoms with Crippen molar-refractivity contribution < 1.29 is 19.1 Å². The number of esters is 1. The number of amides is 1. The SMILES string of the molecule is COC(=O)[C@@H](NC(=O)C1(C)CCC1)C(C)=O. The van der Waals surface area contributed by atoms with Gasteiger partial charge < -0.3 is 10.1 Å². The summed E-state index contributed by atoms with van der Waals surface area (Å²) in [6.45, 7) is 3.09. The van der Waals surface area contributed by atoms with Gasteiger partial charge in [0.25, 0.3) is 0 Å². The molecule has 0 bridgehead atoms. The van der Waals surface area contributed by atoms with E-state index in [2.05, 4.69) is 10.1 Å². The Morgan fingerprint density at radius 3 is 2.19 bits per heavy atom. The predicted molar refractivity (Wildman–Crippen MR) is 56.6 cm³/mol. The highest BCUT2D eigenvalue weighted by Gasteiger charge is 2.41. The Labute approximate surface area is 94.5 Å². The molecule has 1 aliphatic rings. The first-order valence-corrected chi connectivity index (χ1v) is 5.30. The molecule has 0 aromatic rings. The highest BCUT2D eigenvalue weighted by atomic mass is 16.5. The van der Waals surface area contributed by atoms with E-state index in [4.69, 9.17) is 0 Å². The monoisotopic (exact) mass is 227 g/mol. The molecule has 90 valence electrons. The van der Waals surface area contributed by atoms with E-state index in [0.717, 1.165) is 19.3 Å². The summed E-state index contributed by atoms with van der Waals surface area (Å²) in [6.07, 6.45) is 2.60. The van der Waals surface area contributed by atoms with Crippen LogP contribution in [0.25, 0.3) is 0 Å². The van der Waals surface area contributed by atoms with Gasteiger partial charge in [-0.1, -0.05) is 13.3 Å². The molecule has 1 atom stereocenters. The molecular weight excluding hydrogens is 210 g/mol. The van der Waals surface area contributed by atoms with Crippen molar-refractivity contribution in [3.8, 4) is 0 Å². The van der Waals surface area contributed by atoms with Gasteiger partial charge in [0.1, 0.15) is 0 Å². The third-order valence-corrected chi connectivity index (χ3v) is 3.12. The molecule has 0 radical (unpaired) electrons. The third-order valence-electron chi connectivity index (χ3n) is 3.12.